The molecule has 0 N–H and O–H groups in total. The average Bonchev–Trinajstić information content (AvgIpc) is 2.09. The lowest BCUT2D eigenvalue weighted by molar-refractivity contribution is -0.310. The Bertz CT molecular complexity index is 235. The lowest BCUT2D eigenvalue weighted by Gasteiger charge is -2.15. The molecule has 0 spiro atoms. The number of esters is 1. The summed E-state index contributed by atoms with van der Waals surface area (Å²) in [7, 11) is 0. The number of ether oxygens (including phenoxy) is 1. The van der Waals surface area contributed by atoms with Gasteiger partial charge < -0.3 is 9.62 Å². The second-order valence-electron chi connectivity index (χ2n) is 3.79. The van der Waals surface area contributed by atoms with Crippen molar-refractivity contribution < 1.29 is 19.3 Å². The third-order valence-electron chi connectivity index (χ3n) is 1.07. The Morgan fingerprint density at radius 3 is 2.53 bits per heavy atom. The Hall–Kier alpha value is -1.29. The maximum absolute atomic E-state index is 10.8. The first-order chi connectivity index (χ1) is 6.95. The van der Waals surface area contributed by atoms with Gasteiger partial charge in [-0.2, -0.15) is 4.89 Å². The normalized spacial score (nSPS) is 12.3. The molecule has 0 aliphatic rings. The van der Waals surface area contributed by atoms with Crippen LogP contribution in [0.1, 0.15) is 27.7 Å². The second kappa shape index (κ2) is 7.06. The smallest absolute Gasteiger partial charge is 0.330 e. The van der Waals surface area contributed by atoms with Gasteiger partial charge in [-0.25, -0.2) is 4.79 Å². The SMILES string of the molecule is C/C=C/C(=O)OCC=COOC(C)(C)C. The predicted molar refractivity (Wildman–Crippen MR) is 56.8 cm³/mol. The molecule has 0 aliphatic carbocycles. The third kappa shape index (κ3) is 10.6. The molecular formula is C11H18O4. The van der Waals surface area contributed by atoms with Crippen molar-refractivity contribution in [1.29, 1.82) is 0 Å². The molecule has 0 aliphatic heterocycles. The predicted octanol–water partition coefficient (Wildman–Crippen LogP) is 2.37. The van der Waals surface area contributed by atoms with Gasteiger partial charge in [0.25, 0.3) is 0 Å². The summed E-state index contributed by atoms with van der Waals surface area (Å²) in [6, 6.07) is 0. The van der Waals surface area contributed by atoms with E-state index in [4.69, 9.17) is 14.5 Å². The van der Waals surface area contributed by atoms with Crippen LogP contribution in [0.5, 0.6) is 0 Å². The summed E-state index contributed by atoms with van der Waals surface area (Å²) in [5, 5.41) is 0. The molecule has 0 aromatic carbocycles. The minimum absolute atomic E-state index is 0.163. The van der Waals surface area contributed by atoms with Crippen LogP contribution in [0.25, 0.3) is 0 Å². The zero-order valence-electron chi connectivity index (χ0n) is 9.65. The van der Waals surface area contributed by atoms with Crippen LogP contribution >= 0.6 is 0 Å². The fourth-order valence-electron chi connectivity index (χ4n) is 0.565. The average molecular weight is 214 g/mol. The molecule has 0 saturated heterocycles. The first kappa shape index (κ1) is 13.7. The van der Waals surface area contributed by atoms with Crippen LogP contribution in [0.2, 0.25) is 0 Å². The van der Waals surface area contributed by atoms with E-state index in [1.165, 1.54) is 12.3 Å². The molecular weight excluding hydrogens is 196 g/mol. The minimum atomic E-state index is -0.376. The zero-order chi connectivity index (χ0) is 11.7. The van der Waals surface area contributed by atoms with Crippen LogP contribution in [0.15, 0.2) is 24.5 Å². The van der Waals surface area contributed by atoms with Crippen molar-refractivity contribution in [1.82, 2.24) is 0 Å². The van der Waals surface area contributed by atoms with Crippen LogP contribution in [0.4, 0.5) is 0 Å². The van der Waals surface area contributed by atoms with Gasteiger partial charge in [0.05, 0.1) is 0 Å². The number of carbonyl (C=O) groups excluding carboxylic acids is 1. The van der Waals surface area contributed by atoms with Crippen LogP contribution in [-0.4, -0.2) is 18.2 Å². The van der Waals surface area contributed by atoms with Crippen molar-refractivity contribution in [2.45, 2.75) is 33.3 Å². The molecule has 15 heavy (non-hydrogen) atoms. The maximum atomic E-state index is 10.8. The molecule has 0 saturated carbocycles. The summed E-state index contributed by atoms with van der Waals surface area (Å²) in [5.41, 5.74) is -0.355. The molecule has 0 bridgehead atoms. The lowest BCUT2D eigenvalue weighted by atomic mass is 10.2. The highest BCUT2D eigenvalue weighted by Gasteiger charge is 2.10. The summed E-state index contributed by atoms with van der Waals surface area (Å²) in [6.45, 7) is 7.51. The summed E-state index contributed by atoms with van der Waals surface area (Å²) in [5.74, 6) is -0.376. The quantitative estimate of drug-likeness (QED) is 0.232. The van der Waals surface area contributed by atoms with Crippen molar-refractivity contribution >= 4 is 5.97 Å². The minimum Gasteiger partial charge on any atom is -0.458 e. The largest absolute Gasteiger partial charge is 0.458 e. The molecule has 0 fully saturated rings. The van der Waals surface area contributed by atoms with Crippen molar-refractivity contribution in [3.05, 3.63) is 24.5 Å². The second-order valence-corrected chi connectivity index (χ2v) is 3.79. The van der Waals surface area contributed by atoms with E-state index < -0.39 is 0 Å². The van der Waals surface area contributed by atoms with E-state index >= 15 is 0 Å². The topological polar surface area (TPSA) is 44.8 Å². The molecule has 0 unspecified atom stereocenters. The summed E-state index contributed by atoms with van der Waals surface area (Å²) < 4.78 is 4.77. The Kier molecular flexibility index (Phi) is 6.45. The van der Waals surface area contributed by atoms with E-state index in [9.17, 15) is 4.79 Å². The van der Waals surface area contributed by atoms with Crippen molar-refractivity contribution in [3.63, 3.8) is 0 Å². The van der Waals surface area contributed by atoms with Gasteiger partial charge in [-0.05, 0) is 33.8 Å². The first-order valence-electron chi connectivity index (χ1n) is 4.74. The molecule has 86 valence electrons. The highest BCUT2D eigenvalue weighted by atomic mass is 17.2. The Labute approximate surface area is 90.4 Å². The van der Waals surface area contributed by atoms with Crippen LogP contribution in [-0.2, 0) is 19.3 Å². The molecule has 0 rings (SSSR count). The standard InChI is InChI=1S/C11H18O4/c1-5-7-10(12)13-8-6-9-14-15-11(2,3)4/h5-7,9H,8H2,1-4H3/b7-5+,9-6?. The molecule has 0 aromatic rings. The molecule has 4 heteroatoms. The molecule has 0 heterocycles. The van der Waals surface area contributed by atoms with Crippen LogP contribution in [0.3, 0.4) is 0 Å². The molecule has 4 nitrogen and oxygen atoms in total. The molecule has 0 radical (unpaired) electrons. The van der Waals surface area contributed by atoms with Gasteiger partial charge in [-0.15, -0.1) is 0 Å². The van der Waals surface area contributed by atoms with E-state index in [1.807, 2.05) is 20.8 Å². The van der Waals surface area contributed by atoms with Crippen LogP contribution in [0, 0.1) is 0 Å². The highest BCUT2D eigenvalue weighted by Crippen LogP contribution is 2.06. The van der Waals surface area contributed by atoms with Gasteiger partial charge in [0.2, 0.25) is 0 Å². The highest BCUT2D eigenvalue weighted by molar-refractivity contribution is 5.81. The summed E-state index contributed by atoms with van der Waals surface area (Å²) in [6.07, 6.45) is 5.85. The lowest BCUT2D eigenvalue weighted by Crippen LogP contribution is -2.17. The van der Waals surface area contributed by atoms with Crippen molar-refractivity contribution in [2.75, 3.05) is 6.61 Å². The number of rotatable bonds is 5. The molecule has 0 atom stereocenters. The van der Waals surface area contributed by atoms with E-state index in [0.29, 0.717) is 0 Å². The Morgan fingerprint density at radius 1 is 1.33 bits per heavy atom. The van der Waals surface area contributed by atoms with Crippen molar-refractivity contribution in [2.24, 2.45) is 0 Å². The fraction of sp³-hybridized carbons (Fsp3) is 0.545. The number of hydrogen-bond acceptors (Lipinski definition) is 4. The molecule has 0 amide bonds. The van der Waals surface area contributed by atoms with Crippen LogP contribution < -0.4 is 0 Å². The third-order valence-corrected chi connectivity index (χ3v) is 1.07. The summed E-state index contributed by atoms with van der Waals surface area (Å²) in [4.78, 5) is 20.5. The van der Waals surface area contributed by atoms with Gasteiger partial charge in [0, 0.05) is 6.08 Å². The van der Waals surface area contributed by atoms with Gasteiger partial charge >= 0.3 is 5.97 Å². The zero-order valence-corrected chi connectivity index (χ0v) is 9.65. The number of carbonyl (C=O) groups is 1. The Balaban J connectivity index is 3.52. The van der Waals surface area contributed by atoms with E-state index in [0.717, 1.165) is 0 Å². The van der Waals surface area contributed by atoms with Gasteiger partial charge in [0.1, 0.15) is 18.5 Å². The molecule has 0 aromatic heterocycles. The van der Waals surface area contributed by atoms with Crippen molar-refractivity contribution in [3.8, 4) is 0 Å². The van der Waals surface area contributed by atoms with Gasteiger partial charge in [-0.1, -0.05) is 6.08 Å². The fourth-order valence-corrected chi connectivity index (χ4v) is 0.565. The van der Waals surface area contributed by atoms with E-state index in [1.54, 1.807) is 19.1 Å². The Morgan fingerprint density at radius 2 is 2.00 bits per heavy atom. The number of hydrogen-bond donors (Lipinski definition) is 0. The summed E-state index contributed by atoms with van der Waals surface area (Å²) >= 11 is 0. The first-order valence-corrected chi connectivity index (χ1v) is 4.74. The van der Waals surface area contributed by atoms with Gasteiger partial charge in [0.15, 0.2) is 0 Å². The van der Waals surface area contributed by atoms with Gasteiger partial charge in [-0.3, -0.25) is 0 Å². The maximum Gasteiger partial charge on any atom is 0.330 e. The monoisotopic (exact) mass is 214 g/mol. The number of allylic oxidation sites excluding steroid dienone is 1. The van der Waals surface area contributed by atoms with E-state index in [-0.39, 0.29) is 18.2 Å². The van der Waals surface area contributed by atoms with E-state index in [2.05, 4.69) is 0 Å².